The zero-order chi connectivity index (χ0) is 22.0. The Morgan fingerprint density at radius 2 is 2.00 bits per heavy atom. The summed E-state index contributed by atoms with van der Waals surface area (Å²) in [5, 5.41) is 16.1. The summed E-state index contributed by atoms with van der Waals surface area (Å²) in [4.78, 5) is 27.4. The smallest absolute Gasteiger partial charge is 0.279 e. The van der Waals surface area contributed by atoms with Crippen LogP contribution in [0.1, 0.15) is 5.56 Å². The van der Waals surface area contributed by atoms with Gasteiger partial charge in [-0.25, -0.2) is 0 Å². The Morgan fingerprint density at radius 1 is 1.23 bits per heavy atom. The van der Waals surface area contributed by atoms with Crippen molar-refractivity contribution in [3.63, 3.8) is 0 Å². The second-order valence-corrected chi connectivity index (χ2v) is 7.90. The molecule has 2 heterocycles. The molecule has 0 aliphatic carbocycles. The molecule has 0 spiro atoms. The number of aryl methyl sites for hydroxylation is 1. The van der Waals surface area contributed by atoms with Crippen molar-refractivity contribution in [3.8, 4) is 17.0 Å². The van der Waals surface area contributed by atoms with Crippen molar-refractivity contribution in [1.29, 1.82) is 0 Å². The maximum absolute atomic E-state index is 12.4. The van der Waals surface area contributed by atoms with Crippen molar-refractivity contribution in [2.75, 3.05) is 18.2 Å². The van der Waals surface area contributed by atoms with Gasteiger partial charge in [0.05, 0.1) is 12.9 Å². The monoisotopic (exact) mass is 456 g/mol. The average Bonchev–Trinajstić information content (AvgIpc) is 3.16. The highest BCUT2D eigenvalue weighted by Gasteiger charge is 2.15. The van der Waals surface area contributed by atoms with Crippen LogP contribution in [0.3, 0.4) is 0 Å². The molecule has 0 saturated heterocycles. The van der Waals surface area contributed by atoms with Crippen LogP contribution in [-0.2, 0) is 4.79 Å². The van der Waals surface area contributed by atoms with E-state index in [0.29, 0.717) is 27.2 Å². The zero-order valence-electron chi connectivity index (χ0n) is 16.5. The number of hydrogen-bond donors (Lipinski definition) is 2. The van der Waals surface area contributed by atoms with Gasteiger partial charge >= 0.3 is 0 Å². The number of halogens is 1. The normalized spacial score (nSPS) is 10.9. The minimum absolute atomic E-state index is 0.0744. The molecule has 0 bridgehead atoms. The van der Waals surface area contributed by atoms with Crippen molar-refractivity contribution in [2.45, 2.75) is 12.1 Å². The lowest BCUT2D eigenvalue weighted by atomic mass is 10.1. The first-order chi connectivity index (χ1) is 14.9. The van der Waals surface area contributed by atoms with E-state index in [9.17, 15) is 9.59 Å². The summed E-state index contributed by atoms with van der Waals surface area (Å²) >= 11 is 7.24. The van der Waals surface area contributed by atoms with Crippen LogP contribution in [0.2, 0.25) is 5.02 Å². The SMILES string of the molecule is COc1ccc(-c2nn3c(SCC(=O)Nc4ccc(C)c(Cl)c4)nnc3[nH]c2=O)cc1. The zero-order valence-corrected chi connectivity index (χ0v) is 18.1. The predicted molar refractivity (Wildman–Crippen MR) is 119 cm³/mol. The van der Waals surface area contributed by atoms with E-state index in [2.05, 4.69) is 25.6 Å². The van der Waals surface area contributed by atoms with Crippen molar-refractivity contribution < 1.29 is 9.53 Å². The molecule has 0 fully saturated rings. The standard InChI is InChI=1S/C20H17ClN6O3S/c1-11-3-6-13(9-15(11)21)22-16(28)10-31-20-25-24-19-23-18(29)17(26-27(19)20)12-4-7-14(30-2)8-5-12/h3-9H,10H2,1-2H3,(H,22,28)(H,23,24,29). The largest absolute Gasteiger partial charge is 0.497 e. The number of amides is 1. The molecule has 2 aromatic heterocycles. The first-order valence-corrected chi connectivity index (χ1v) is 10.5. The molecule has 2 N–H and O–H groups in total. The van der Waals surface area contributed by atoms with E-state index < -0.39 is 5.56 Å². The maximum atomic E-state index is 12.4. The molecule has 1 amide bonds. The summed E-state index contributed by atoms with van der Waals surface area (Å²) in [6.07, 6.45) is 0. The Hall–Kier alpha value is -3.37. The van der Waals surface area contributed by atoms with Gasteiger partial charge in [0.25, 0.3) is 11.3 Å². The van der Waals surface area contributed by atoms with Gasteiger partial charge < -0.3 is 10.1 Å². The molecule has 0 atom stereocenters. The van der Waals surface area contributed by atoms with E-state index >= 15 is 0 Å². The van der Waals surface area contributed by atoms with Gasteiger partial charge in [-0.2, -0.15) is 9.61 Å². The summed E-state index contributed by atoms with van der Waals surface area (Å²) in [6, 6.07) is 12.3. The minimum atomic E-state index is -0.393. The molecule has 31 heavy (non-hydrogen) atoms. The number of thioether (sulfide) groups is 1. The lowest BCUT2D eigenvalue weighted by Gasteiger charge is -2.06. The number of benzene rings is 2. The van der Waals surface area contributed by atoms with Crippen molar-refractivity contribution in [2.24, 2.45) is 0 Å². The fraction of sp³-hybridized carbons (Fsp3) is 0.150. The lowest BCUT2D eigenvalue weighted by Crippen LogP contribution is -2.16. The second kappa shape index (κ2) is 8.78. The predicted octanol–water partition coefficient (Wildman–Crippen LogP) is 3.18. The maximum Gasteiger partial charge on any atom is 0.279 e. The molecule has 0 aliphatic rings. The summed E-state index contributed by atoms with van der Waals surface area (Å²) < 4.78 is 6.55. The Kier molecular flexibility index (Phi) is 5.92. The third-order valence-electron chi connectivity index (χ3n) is 4.40. The van der Waals surface area contributed by atoms with Crippen LogP contribution in [0.5, 0.6) is 5.75 Å². The highest BCUT2D eigenvalue weighted by molar-refractivity contribution is 7.99. The van der Waals surface area contributed by atoms with Gasteiger partial charge in [-0.15, -0.1) is 10.2 Å². The van der Waals surface area contributed by atoms with Gasteiger partial charge in [-0.1, -0.05) is 29.4 Å². The number of nitrogens with zero attached hydrogens (tertiary/aromatic N) is 4. The molecule has 9 nitrogen and oxygen atoms in total. The van der Waals surface area contributed by atoms with E-state index in [4.69, 9.17) is 16.3 Å². The number of aromatic amines is 1. The number of aromatic nitrogens is 5. The molecule has 4 aromatic rings. The number of ether oxygens (including phenoxy) is 1. The van der Waals surface area contributed by atoms with Crippen molar-refractivity contribution >= 4 is 40.7 Å². The van der Waals surface area contributed by atoms with Crippen molar-refractivity contribution in [3.05, 3.63) is 63.4 Å². The van der Waals surface area contributed by atoms with Crippen molar-refractivity contribution in [1.82, 2.24) is 24.8 Å². The van der Waals surface area contributed by atoms with Crippen LogP contribution >= 0.6 is 23.4 Å². The summed E-state index contributed by atoms with van der Waals surface area (Å²) in [7, 11) is 1.57. The minimum Gasteiger partial charge on any atom is -0.497 e. The van der Waals surface area contributed by atoms with Crippen LogP contribution in [0.25, 0.3) is 17.0 Å². The summed E-state index contributed by atoms with van der Waals surface area (Å²) in [6.45, 7) is 1.89. The van der Waals surface area contributed by atoms with Gasteiger partial charge in [0.1, 0.15) is 5.75 Å². The van der Waals surface area contributed by atoms with E-state index in [1.165, 1.54) is 4.52 Å². The second-order valence-electron chi connectivity index (χ2n) is 6.55. The van der Waals surface area contributed by atoms with Crippen LogP contribution in [0, 0.1) is 6.92 Å². The molecule has 0 unspecified atom stereocenters. The summed E-state index contributed by atoms with van der Waals surface area (Å²) in [5.41, 5.74) is 1.96. The molecule has 0 radical (unpaired) electrons. The number of carbonyl (C=O) groups is 1. The third kappa shape index (κ3) is 4.54. The molecule has 11 heteroatoms. The Balaban J connectivity index is 1.53. The molecule has 158 valence electrons. The fourth-order valence-electron chi connectivity index (χ4n) is 2.77. The first kappa shape index (κ1) is 20.9. The van der Waals surface area contributed by atoms with E-state index in [1.807, 2.05) is 13.0 Å². The van der Waals surface area contributed by atoms with Gasteiger partial charge in [-0.3, -0.25) is 14.6 Å². The highest BCUT2D eigenvalue weighted by atomic mass is 35.5. The number of rotatable bonds is 6. The van der Waals surface area contributed by atoms with Crippen LogP contribution in [0.4, 0.5) is 5.69 Å². The van der Waals surface area contributed by atoms with Crippen LogP contribution in [0.15, 0.2) is 52.4 Å². The number of hydrogen-bond acceptors (Lipinski definition) is 7. The molecular formula is C20H17ClN6O3S. The average molecular weight is 457 g/mol. The Bertz CT molecular complexity index is 1320. The van der Waals surface area contributed by atoms with Gasteiger partial charge in [0.2, 0.25) is 11.1 Å². The molecule has 0 saturated carbocycles. The summed E-state index contributed by atoms with van der Waals surface area (Å²) in [5.74, 6) is 0.699. The Labute approximate surface area is 185 Å². The quantitative estimate of drug-likeness (QED) is 0.428. The number of H-pyrrole nitrogens is 1. The van der Waals surface area contributed by atoms with E-state index in [-0.39, 0.29) is 23.1 Å². The van der Waals surface area contributed by atoms with Crippen LogP contribution < -0.4 is 15.6 Å². The van der Waals surface area contributed by atoms with Gasteiger partial charge in [0, 0.05) is 16.3 Å². The highest BCUT2D eigenvalue weighted by Crippen LogP contribution is 2.22. The number of methoxy groups -OCH3 is 1. The molecule has 2 aromatic carbocycles. The number of nitrogens with one attached hydrogen (secondary N) is 2. The van der Waals surface area contributed by atoms with Gasteiger partial charge in [-0.05, 0) is 48.9 Å². The molecule has 0 aliphatic heterocycles. The number of anilines is 1. The van der Waals surface area contributed by atoms with Crippen LogP contribution in [-0.4, -0.2) is 43.6 Å². The topological polar surface area (TPSA) is 114 Å². The first-order valence-electron chi connectivity index (χ1n) is 9.13. The fourth-order valence-corrected chi connectivity index (χ4v) is 3.63. The molecule has 4 rings (SSSR count). The van der Waals surface area contributed by atoms with E-state index in [1.54, 1.807) is 43.5 Å². The van der Waals surface area contributed by atoms with Gasteiger partial charge in [0.15, 0.2) is 5.69 Å². The Morgan fingerprint density at radius 3 is 2.71 bits per heavy atom. The van der Waals surface area contributed by atoms with E-state index in [0.717, 1.165) is 17.3 Å². The number of carbonyl (C=O) groups excluding carboxylic acids is 1. The lowest BCUT2D eigenvalue weighted by molar-refractivity contribution is -0.113. The number of fused-ring (bicyclic) bond motifs is 1. The third-order valence-corrected chi connectivity index (χ3v) is 5.73. The molecular weight excluding hydrogens is 440 g/mol.